The first kappa shape index (κ1) is 11.2. The van der Waals surface area contributed by atoms with Crippen molar-refractivity contribution in [2.75, 3.05) is 6.61 Å². The second-order valence-corrected chi connectivity index (χ2v) is 3.33. The Hall–Kier alpha value is -0.830. The van der Waals surface area contributed by atoms with Crippen molar-refractivity contribution in [3.63, 3.8) is 0 Å². The van der Waals surface area contributed by atoms with E-state index in [0.717, 1.165) is 36.7 Å². The Kier molecular flexibility index (Phi) is 4.14. The molecule has 0 bridgehead atoms. The molecule has 0 spiro atoms. The van der Waals surface area contributed by atoms with Gasteiger partial charge in [0.05, 0.1) is 5.69 Å². The van der Waals surface area contributed by atoms with Crippen LogP contribution >= 0.6 is 0 Å². The number of ether oxygens (including phenoxy) is 1. The molecule has 3 nitrogen and oxygen atoms in total. The number of nitrogens with zero attached hydrogens (tertiary/aromatic N) is 1. The summed E-state index contributed by atoms with van der Waals surface area (Å²) in [5, 5.41) is 0. The molecule has 14 heavy (non-hydrogen) atoms. The van der Waals surface area contributed by atoms with E-state index in [1.54, 1.807) is 0 Å². The molecule has 2 rings (SSSR count). The second-order valence-electron chi connectivity index (χ2n) is 3.33. The van der Waals surface area contributed by atoms with E-state index >= 15 is 0 Å². The van der Waals surface area contributed by atoms with Crippen molar-refractivity contribution < 1.29 is 4.74 Å². The zero-order chi connectivity index (χ0) is 10.6. The minimum absolute atomic E-state index is 0.220. The fourth-order valence-corrected chi connectivity index (χ4v) is 1.52. The van der Waals surface area contributed by atoms with E-state index in [-0.39, 0.29) is 6.10 Å². The van der Waals surface area contributed by atoms with Crippen LogP contribution in [0.15, 0.2) is 0 Å². The minimum Gasteiger partial charge on any atom is -0.370 e. The summed E-state index contributed by atoms with van der Waals surface area (Å²) < 4.78 is 5.51. The van der Waals surface area contributed by atoms with Gasteiger partial charge in [-0.25, -0.2) is 4.98 Å². The molecule has 1 unspecified atom stereocenters. The van der Waals surface area contributed by atoms with Gasteiger partial charge in [0.2, 0.25) is 0 Å². The van der Waals surface area contributed by atoms with Crippen LogP contribution in [-0.2, 0) is 4.74 Å². The molecule has 0 radical (unpaired) electrons. The maximum Gasteiger partial charge on any atom is 0.135 e. The number of H-pyrrole nitrogens is 1. The summed E-state index contributed by atoms with van der Waals surface area (Å²) in [6, 6.07) is 0. The van der Waals surface area contributed by atoms with Gasteiger partial charge < -0.3 is 9.72 Å². The first-order valence-corrected chi connectivity index (χ1v) is 5.42. The maximum absolute atomic E-state index is 5.51. The molecular formula is C11H20N2O. The van der Waals surface area contributed by atoms with Crippen LogP contribution < -0.4 is 0 Å². The molecule has 1 fully saturated rings. The largest absolute Gasteiger partial charge is 0.370 e. The lowest BCUT2D eigenvalue weighted by Crippen LogP contribution is -1.97. The van der Waals surface area contributed by atoms with Gasteiger partial charge in [-0.2, -0.15) is 0 Å². The molecule has 2 heterocycles. The molecule has 1 aliphatic rings. The molecule has 1 N–H and O–H groups in total. The van der Waals surface area contributed by atoms with Crippen LogP contribution in [0, 0.1) is 13.8 Å². The van der Waals surface area contributed by atoms with Crippen molar-refractivity contribution in [2.24, 2.45) is 0 Å². The van der Waals surface area contributed by atoms with Crippen molar-refractivity contribution >= 4 is 0 Å². The van der Waals surface area contributed by atoms with E-state index in [1.807, 2.05) is 27.7 Å². The van der Waals surface area contributed by atoms with Crippen LogP contribution in [0.1, 0.15) is 50.0 Å². The van der Waals surface area contributed by atoms with Crippen LogP contribution in [0.25, 0.3) is 0 Å². The van der Waals surface area contributed by atoms with E-state index in [2.05, 4.69) is 9.97 Å². The van der Waals surface area contributed by atoms with Gasteiger partial charge in [-0.3, -0.25) is 0 Å². The van der Waals surface area contributed by atoms with Gasteiger partial charge in [0.1, 0.15) is 11.9 Å². The van der Waals surface area contributed by atoms with Crippen molar-refractivity contribution in [3.05, 3.63) is 17.2 Å². The lowest BCUT2D eigenvalue weighted by molar-refractivity contribution is 0.105. The summed E-state index contributed by atoms with van der Waals surface area (Å²) in [4.78, 5) is 7.66. The summed E-state index contributed by atoms with van der Waals surface area (Å²) in [6.45, 7) is 8.94. The number of imidazole rings is 1. The van der Waals surface area contributed by atoms with Gasteiger partial charge in [-0.15, -0.1) is 0 Å². The number of nitrogens with one attached hydrogen (secondary N) is 1. The minimum atomic E-state index is 0.220. The summed E-state index contributed by atoms with van der Waals surface area (Å²) in [5.74, 6) is 1.00. The van der Waals surface area contributed by atoms with Gasteiger partial charge in [0, 0.05) is 12.3 Å². The summed E-state index contributed by atoms with van der Waals surface area (Å²) >= 11 is 0. The van der Waals surface area contributed by atoms with Crippen molar-refractivity contribution in [3.8, 4) is 0 Å². The predicted octanol–water partition coefficient (Wildman–Crippen LogP) is 2.90. The average molecular weight is 196 g/mol. The molecule has 80 valence electrons. The molecule has 0 aliphatic carbocycles. The van der Waals surface area contributed by atoms with Gasteiger partial charge in [-0.05, 0) is 26.7 Å². The number of rotatable bonds is 1. The fraction of sp³-hybridized carbons (Fsp3) is 0.727. The Morgan fingerprint density at radius 2 is 2.07 bits per heavy atom. The second kappa shape index (κ2) is 5.15. The van der Waals surface area contributed by atoms with Crippen LogP contribution in [-0.4, -0.2) is 16.6 Å². The van der Waals surface area contributed by atoms with Crippen molar-refractivity contribution in [1.29, 1.82) is 0 Å². The number of aromatic nitrogens is 2. The van der Waals surface area contributed by atoms with Gasteiger partial charge >= 0.3 is 0 Å². The van der Waals surface area contributed by atoms with Crippen LogP contribution in [0.2, 0.25) is 0 Å². The van der Waals surface area contributed by atoms with E-state index in [0.29, 0.717) is 0 Å². The molecule has 1 atom stereocenters. The quantitative estimate of drug-likeness (QED) is 0.750. The predicted molar refractivity (Wildman–Crippen MR) is 57.3 cm³/mol. The lowest BCUT2D eigenvalue weighted by Gasteiger charge is -2.03. The van der Waals surface area contributed by atoms with Crippen LogP contribution in [0.5, 0.6) is 0 Å². The average Bonchev–Trinajstić information content (AvgIpc) is 2.80. The smallest absolute Gasteiger partial charge is 0.135 e. The molecule has 0 aromatic carbocycles. The van der Waals surface area contributed by atoms with E-state index in [1.165, 1.54) is 0 Å². The number of hydrogen-bond acceptors (Lipinski definition) is 2. The molecule has 0 saturated carbocycles. The molecule has 1 aliphatic heterocycles. The Labute approximate surface area is 85.9 Å². The normalized spacial score (nSPS) is 20.4. The van der Waals surface area contributed by atoms with Gasteiger partial charge in [0.25, 0.3) is 0 Å². The Morgan fingerprint density at radius 3 is 2.50 bits per heavy atom. The van der Waals surface area contributed by atoms with Crippen LogP contribution in [0.4, 0.5) is 0 Å². The summed E-state index contributed by atoms with van der Waals surface area (Å²) in [6.07, 6.45) is 2.48. The third kappa shape index (κ3) is 2.35. The Balaban J connectivity index is 0.000000461. The Bertz CT molecular complexity index is 255. The van der Waals surface area contributed by atoms with Crippen molar-refractivity contribution in [2.45, 2.75) is 46.6 Å². The summed E-state index contributed by atoms with van der Waals surface area (Å²) in [5.41, 5.74) is 2.24. The van der Waals surface area contributed by atoms with E-state index in [4.69, 9.17) is 4.74 Å². The first-order valence-electron chi connectivity index (χ1n) is 5.42. The highest BCUT2D eigenvalue weighted by molar-refractivity contribution is 5.12. The van der Waals surface area contributed by atoms with E-state index < -0.39 is 0 Å². The standard InChI is InChI=1S/C9H14N2O.C2H6/c1-6-7(2)11-9(10-6)8-4-3-5-12-8;1-2/h8H,3-5H2,1-2H3,(H,10,11);1-2H3. The topological polar surface area (TPSA) is 37.9 Å². The number of aryl methyl sites for hydroxylation is 2. The highest BCUT2D eigenvalue weighted by Crippen LogP contribution is 2.26. The van der Waals surface area contributed by atoms with E-state index in [9.17, 15) is 0 Å². The van der Waals surface area contributed by atoms with Gasteiger partial charge in [-0.1, -0.05) is 13.8 Å². The maximum atomic E-state index is 5.51. The molecular weight excluding hydrogens is 176 g/mol. The monoisotopic (exact) mass is 196 g/mol. The molecule has 1 aromatic rings. The highest BCUT2D eigenvalue weighted by Gasteiger charge is 2.20. The molecule has 1 saturated heterocycles. The number of hydrogen-bond donors (Lipinski definition) is 1. The molecule has 1 aromatic heterocycles. The first-order chi connectivity index (χ1) is 6.77. The molecule has 0 amide bonds. The third-order valence-corrected chi connectivity index (χ3v) is 2.38. The lowest BCUT2D eigenvalue weighted by atomic mass is 10.2. The Morgan fingerprint density at radius 1 is 1.36 bits per heavy atom. The zero-order valence-corrected chi connectivity index (χ0v) is 9.55. The highest BCUT2D eigenvalue weighted by atomic mass is 16.5. The number of aromatic amines is 1. The van der Waals surface area contributed by atoms with Crippen LogP contribution in [0.3, 0.4) is 0 Å². The van der Waals surface area contributed by atoms with Crippen molar-refractivity contribution in [1.82, 2.24) is 9.97 Å². The third-order valence-electron chi connectivity index (χ3n) is 2.38. The van der Waals surface area contributed by atoms with Gasteiger partial charge in [0.15, 0.2) is 0 Å². The summed E-state index contributed by atoms with van der Waals surface area (Å²) in [7, 11) is 0. The SMILES string of the molecule is CC.Cc1nc(C2CCCO2)[nH]c1C. The fourth-order valence-electron chi connectivity index (χ4n) is 1.52. The molecule has 3 heteroatoms. The zero-order valence-electron chi connectivity index (χ0n) is 9.55.